The second kappa shape index (κ2) is 9.25. The summed E-state index contributed by atoms with van der Waals surface area (Å²) in [5.41, 5.74) is 3.30. The zero-order valence-corrected chi connectivity index (χ0v) is 22.7. The summed E-state index contributed by atoms with van der Waals surface area (Å²) in [6.45, 7) is 10.2. The molecule has 6 heteroatoms. The van der Waals surface area contributed by atoms with E-state index < -0.39 is 5.60 Å². The molecule has 194 valence electrons. The topological polar surface area (TPSA) is 59.0 Å². The lowest BCUT2D eigenvalue weighted by molar-refractivity contribution is -0.00581. The fourth-order valence-electron chi connectivity index (χ4n) is 6.21. The first-order chi connectivity index (χ1) is 17.0. The van der Waals surface area contributed by atoms with Gasteiger partial charge in [-0.15, -0.1) is 0 Å². The van der Waals surface area contributed by atoms with Gasteiger partial charge in [0, 0.05) is 30.1 Å². The van der Waals surface area contributed by atoms with Crippen molar-refractivity contribution in [1.82, 2.24) is 0 Å². The normalized spacial score (nSPS) is 27.4. The van der Waals surface area contributed by atoms with E-state index in [1.165, 1.54) is 11.1 Å². The maximum Gasteiger partial charge on any atom is 0.338 e. The first-order valence-electron chi connectivity index (χ1n) is 13.2. The summed E-state index contributed by atoms with van der Waals surface area (Å²) in [6.07, 6.45) is 5.28. The predicted octanol–water partition coefficient (Wildman–Crippen LogP) is 6.18. The van der Waals surface area contributed by atoms with Crippen LogP contribution < -0.4 is 9.64 Å². The molecule has 1 N–H and O–H groups in total. The number of aliphatic hydroxyl groups is 1. The smallest absolute Gasteiger partial charge is 0.338 e. The fourth-order valence-corrected chi connectivity index (χ4v) is 6.40. The maximum absolute atomic E-state index is 12.9. The number of carbonyl (C=O) groups excluding carboxylic acids is 1. The first kappa shape index (κ1) is 25.4. The quantitative estimate of drug-likeness (QED) is 0.497. The summed E-state index contributed by atoms with van der Waals surface area (Å²) in [4.78, 5) is 15.4. The number of ether oxygens (including phenoxy) is 2. The molecule has 2 aromatic rings. The Morgan fingerprint density at radius 1 is 1.22 bits per heavy atom. The molecule has 0 radical (unpaired) electrons. The Kier molecular flexibility index (Phi) is 6.53. The lowest BCUT2D eigenvalue weighted by atomic mass is 9.61. The van der Waals surface area contributed by atoms with Crippen LogP contribution in [0.2, 0.25) is 5.02 Å². The van der Waals surface area contributed by atoms with Crippen LogP contribution in [0.15, 0.2) is 36.4 Å². The van der Waals surface area contributed by atoms with Crippen molar-refractivity contribution in [3.05, 3.63) is 58.1 Å². The Bertz CT molecular complexity index is 1150. The molecule has 1 aliphatic heterocycles. The molecule has 1 heterocycles. The van der Waals surface area contributed by atoms with Crippen molar-refractivity contribution >= 4 is 23.3 Å². The van der Waals surface area contributed by atoms with E-state index in [0.717, 1.165) is 61.7 Å². The van der Waals surface area contributed by atoms with Crippen LogP contribution in [0.1, 0.15) is 74.9 Å². The van der Waals surface area contributed by atoms with Gasteiger partial charge in [-0.25, -0.2) is 4.79 Å². The molecule has 3 atom stereocenters. The monoisotopic (exact) mass is 511 g/mol. The summed E-state index contributed by atoms with van der Waals surface area (Å²) in [7, 11) is 0. The summed E-state index contributed by atoms with van der Waals surface area (Å²) in [5.74, 6) is 0.847. The highest BCUT2D eigenvalue weighted by molar-refractivity contribution is 6.30. The van der Waals surface area contributed by atoms with Gasteiger partial charge in [0.25, 0.3) is 0 Å². The molecule has 5 rings (SSSR count). The first-order valence-corrected chi connectivity index (χ1v) is 13.5. The number of hydrogen-bond acceptors (Lipinski definition) is 5. The van der Waals surface area contributed by atoms with E-state index in [4.69, 9.17) is 21.1 Å². The maximum atomic E-state index is 12.9. The van der Waals surface area contributed by atoms with Crippen LogP contribution in [0.5, 0.6) is 5.75 Å². The van der Waals surface area contributed by atoms with Crippen LogP contribution >= 0.6 is 11.6 Å². The summed E-state index contributed by atoms with van der Waals surface area (Å²) in [5, 5.41) is 10.9. The number of benzene rings is 2. The van der Waals surface area contributed by atoms with Gasteiger partial charge in [0.1, 0.15) is 11.4 Å². The Hall–Kier alpha value is -2.24. The minimum Gasteiger partial charge on any atom is -0.490 e. The van der Waals surface area contributed by atoms with Crippen molar-refractivity contribution in [2.24, 2.45) is 11.3 Å². The Morgan fingerprint density at radius 2 is 2.03 bits per heavy atom. The number of aryl methyl sites for hydroxylation is 1. The molecular formula is C30H38ClNO4. The molecule has 0 saturated heterocycles. The van der Waals surface area contributed by atoms with E-state index in [2.05, 4.69) is 24.0 Å². The Morgan fingerprint density at radius 3 is 2.72 bits per heavy atom. The van der Waals surface area contributed by atoms with Gasteiger partial charge in [0.05, 0.1) is 17.9 Å². The highest BCUT2D eigenvalue weighted by Gasteiger charge is 2.46. The van der Waals surface area contributed by atoms with Crippen molar-refractivity contribution in [3.63, 3.8) is 0 Å². The van der Waals surface area contributed by atoms with Crippen LogP contribution in [0.3, 0.4) is 0 Å². The third kappa shape index (κ3) is 4.72. The van der Waals surface area contributed by atoms with E-state index in [9.17, 15) is 9.90 Å². The van der Waals surface area contributed by atoms with E-state index in [1.807, 2.05) is 39.0 Å². The number of rotatable bonds is 4. The number of anilines is 1. The van der Waals surface area contributed by atoms with Crippen LogP contribution in [-0.4, -0.2) is 43.0 Å². The van der Waals surface area contributed by atoms with Crippen molar-refractivity contribution in [3.8, 4) is 5.75 Å². The minimum atomic E-state index is -0.563. The van der Waals surface area contributed by atoms with Crippen molar-refractivity contribution < 1.29 is 19.4 Å². The molecule has 0 aromatic heterocycles. The molecule has 1 unspecified atom stereocenters. The standard InChI is InChI=1S/C30H38ClNO4/c1-28(2,3)36-27(34)21-7-10-26-25(15-21)32(16-22-11-13-29(22,4)18-33)17-30(19-35-26)12-5-6-20-14-23(31)8-9-24(20)30/h7-10,14-15,22,33H,5-6,11-13,16-19H2,1-4H3/t22-,29+,30?/m1/s1. The number of halogens is 1. The van der Waals surface area contributed by atoms with Crippen LogP contribution in [0, 0.1) is 11.3 Å². The van der Waals surface area contributed by atoms with E-state index in [0.29, 0.717) is 18.1 Å². The van der Waals surface area contributed by atoms with Gasteiger partial charge in [0.15, 0.2) is 0 Å². The van der Waals surface area contributed by atoms with Gasteiger partial charge in [-0.1, -0.05) is 24.6 Å². The Balaban J connectivity index is 1.54. The lowest BCUT2D eigenvalue weighted by Gasteiger charge is -2.49. The second-order valence-electron chi connectivity index (χ2n) is 12.3. The summed E-state index contributed by atoms with van der Waals surface area (Å²) in [6, 6.07) is 11.9. The summed E-state index contributed by atoms with van der Waals surface area (Å²) >= 11 is 6.36. The summed E-state index contributed by atoms with van der Waals surface area (Å²) < 4.78 is 12.2. The average Bonchev–Trinajstić information content (AvgIpc) is 2.97. The molecule has 1 spiro atoms. The number of esters is 1. The molecule has 0 amide bonds. The molecule has 36 heavy (non-hydrogen) atoms. The number of carbonyl (C=O) groups is 1. The molecule has 1 fully saturated rings. The van der Waals surface area contributed by atoms with Gasteiger partial charge in [0.2, 0.25) is 0 Å². The number of nitrogens with zero attached hydrogens (tertiary/aromatic N) is 1. The predicted molar refractivity (Wildman–Crippen MR) is 143 cm³/mol. The largest absolute Gasteiger partial charge is 0.490 e. The SMILES string of the molecule is CC(C)(C)OC(=O)c1ccc2c(c1)N(C[C@H]1CC[C@@]1(C)CO)CC1(CCCc3cc(Cl)ccc31)CO2. The van der Waals surface area contributed by atoms with E-state index in [1.54, 1.807) is 6.07 Å². The molecule has 1 saturated carbocycles. The molecule has 5 nitrogen and oxygen atoms in total. The fraction of sp³-hybridized carbons (Fsp3) is 0.567. The third-order valence-electron chi connectivity index (χ3n) is 8.52. The number of hydrogen-bond donors (Lipinski definition) is 1. The zero-order chi connectivity index (χ0) is 25.7. The van der Waals surface area contributed by atoms with Gasteiger partial charge in [-0.05, 0) is 106 Å². The van der Waals surface area contributed by atoms with Crippen molar-refractivity contribution in [2.45, 2.75) is 70.8 Å². The van der Waals surface area contributed by atoms with Gasteiger partial charge >= 0.3 is 5.97 Å². The van der Waals surface area contributed by atoms with Crippen LogP contribution in [-0.2, 0) is 16.6 Å². The highest BCUT2D eigenvalue weighted by atomic mass is 35.5. The lowest BCUT2D eigenvalue weighted by Crippen LogP contribution is -2.51. The van der Waals surface area contributed by atoms with Gasteiger partial charge in [-0.2, -0.15) is 0 Å². The van der Waals surface area contributed by atoms with E-state index >= 15 is 0 Å². The van der Waals surface area contributed by atoms with Crippen molar-refractivity contribution in [1.29, 1.82) is 0 Å². The Labute approximate surface area is 219 Å². The van der Waals surface area contributed by atoms with Gasteiger partial charge in [-0.3, -0.25) is 0 Å². The third-order valence-corrected chi connectivity index (χ3v) is 8.76. The molecular weight excluding hydrogens is 474 g/mol. The molecule has 2 aromatic carbocycles. The second-order valence-corrected chi connectivity index (χ2v) is 12.8. The zero-order valence-electron chi connectivity index (χ0n) is 21.9. The van der Waals surface area contributed by atoms with Crippen molar-refractivity contribution in [2.75, 3.05) is 31.2 Å². The average molecular weight is 512 g/mol. The van der Waals surface area contributed by atoms with Crippen LogP contribution in [0.25, 0.3) is 0 Å². The number of fused-ring (bicyclic) bond motifs is 3. The molecule has 2 aliphatic carbocycles. The highest BCUT2D eigenvalue weighted by Crippen LogP contribution is 2.49. The molecule has 3 aliphatic rings. The molecule has 0 bridgehead atoms. The minimum absolute atomic E-state index is 0.0682. The number of aliphatic hydroxyl groups excluding tert-OH is 1. The van der Waals surface area contributed by atoms with Crippen LogP contribution in [0.4, 0.5) is 5.69 Å². The van der Waals surface area contributed by atoms with Gasteiger partial charge < -0.3 is 19.5 Å². The van der Waals surface area contributed by atoms with E-state index in [-0.39, 0.29) is 23.4 Å².